The van der Waals surface area contributed by atoms with E-state index in [0.29, 0.717) is 6.04 Å². The van der Waals surface area contributed by atoms with Crippen LogP contribution < -0.4 is 0 Å². The van der Waals surface area contributed by atoms with Crippen molar-refractivity contribution in [1.29, 1.82) is 0 Å². The lowest BCUT2D eigenvalue weighted by Crippen LogP contribution is -2.35. The molecule has 1 atom stereocenters. The molecule has 1 heterocycles. The highest BCUT2D eigenvalue weighted by molar-refractivity contribution is 5.35. The standard InChI is InChI=1S/C15H20FN/c1-11-7-9-17(10-8-11)15-6-5-12-13(15)3-2-4-14(12)16/h2-4,11,15H,5-10H2,1H3/t15-/m1/s1. The van der Waals surface area contributed by atoms with Crippen molar-refractivity contribution in [2.45, 2.75) is 38.6 Å². The van der Waals surface area contributed by atoms with Gasteiger partial charge in [-0.1, -0.05) is 19.1 Å². The minimum absolute atomic E-state index is 0.00428. The minimum atomic E-state index is -0.00428. The Kier molecular flexibility index (Phi) is 2.91. The summed E-state index contributed by atoms with van der Waals surface area (Å²) in [6.07, 6.45) is 4.60. The summed E-state index contributed by atoms with van der Waals surface area (Å²) >= 11 is 0. The molecule has 1 aliphatic carbocycles. The number of rotatable bonds is 1. The van der Waals surface area contributed by atoms with E-state index in [0.717, 1.165) is 24.3 Å². The van der Waals surface area contributed by atoms with E-state index in [2.05, 4.69) is 17.9 Å². The molecular formula is C15H20FN. The highest BCUT2D eigenvalue weighted by Gasteiger charge is 2.31. The third-order valence-corrected chi connectivity index (χ3v) is 4.44. The van der Waals surface area contributed by atoms with Gasteiger partial charge in [0.1, 0.15) is 5.82 Å². The van der Waals surface area contributed by atoms with Crippen LogP contribution in [0.2, 0.25) is 0 Å². The molecule has 17 heavy (non-hydrogen) atoms. The van der Waals surface area contributed by atoms with E-state index < -0.39 is 0 Å². The largest absolute Gasteiger partial charge is 0.296 e. The number of likely N-dealkylation sites (tertiary alicyclic amines) is 1. The van der Waals surface area contributed by atoms with Gasteiger partial charge in [-0.2, -0.15) is 0 Å². The van der Waals surface area contributed by atoms with Crippen molar-refractivity contribution in [3.8, 4) is 0 Å². The van der Waals surface area contributed by atoms with Crippen molar-refractivity contribution < 1.29 is 4.39 Å². The molecule has 0 radical (unpaired) electrons. The molecule has 3 rings (SSSR count). The van der Waals surface area contributed by atoms with Gasteiger partial charge in [-0.15, -0.1) is 0 Å². The topological polar surface area (TPSA) is 3.24 Å². The summed E-state index contributed by atoms with van der Waals surface area (Å²) in [4.78, 5) is 2.56. The first kappa shape index (κ1) is 11.2. The number of halogens is 1. The number of hydrogen-bond acceptors (Lipinski definition) is 1. The van der Waals surface area contributed by atoms with E-state index in [1.165, 1.54) is 31.5 Å². The molecular weight excluding hydrogens is 213 g/mol. The van der Waals surface area contributed by atoms with Crippen LogP contribution >= 0.6 is 0 Å². The molecule has 0 unspecified atom stereocenters. The average molecular weight is 233 g/mol. The maximum atomic E-state index is 13.7. The third-order valence-electron chi connectivity index (χ3n) is 4.44. The highest BCUT2D eigenvalue weighted by Crippen LogP contribution is 2.38. The van der Waals surface area contributed by atoms with Gasteiger partial charge in [0, 0.05) is 6.04 Å². The maximum absolute atomic E-state index is 13.7. The summed E-state index contributed by atoms with van der Waals surface area (Å²) in [5, 5.41) is 0. The minimum Gasteiger partial charge on any atom is -0.296 e. The lowest BCUT2D eigenvalue weighted by molar-refractivity contribution is 0.137. The Morgan fingerprint density at radius 3 is 2.71 bits per heavy atom. The van der Waals surface area contributed by atoms with Crippen molar-refractivity contribution in [1.82, 2.24) is 4.90 Å². The first-order valence-electron chi connectivity index (χ1n) is 6.77. The molecule has 2 heteroatoms. The summed E-state index contributed by atoms with van der Waals surface area (Å²) in [6, 6.07) is 6.06. The van der Waals surface area contributed by atoms with Gasteiger partial charge < -0.3 is 0 Å². The fourth-order valence-corrected chi connectivity index (χ4v) is 3.31. The van der Waals surface area contributed by atoms with E-state index in [1.54, 1.807) is 6.07 Å². The molecule has 1 aliphatic heterocycles. The molecule has 1 aromatic carbocycles. The van der Waals surface area contributed by atoms with Crippen LogP contribution in [0.3, 0.4) is 0 Å². The first-order chi connectivity index (χ1) is 8.25. The third kappa shape index (κ3) is 1.99. The highest BCUT2D eigenvalue weighted by atomic mass is 19.1. The van der Waals surface area contributed by atoms with Crippen molar-refractivity contribution in [3.05, 3.63) is 35.1 Å². The lowest BCUT2D eigenvalue weighted by Gasteiger charge is -2.35. The van der Waals surface area contributed by atoms with Gasteiger partial charge in [0.05, 0.1) is 0 Å². The van der Waals surface area contributed by atoms with Crippen LogP contribution in [0.25, 0.3) is 0 Å². The van der Waals surface area contributed by atoms with Gasteiger partial charge in [-0.3, -0.25) is 4.90 Å². The molecule has 0 aromatic heterocycles. The van der Waals surface area contributed by atoms with Gasteiger partial charge in [-0.05, 0) is 61.9 Å². The zero-order valence-corrected chi connectivity index (χ0v) is 10.5. The van der Waals surface area contributed by atoms with Crippen molar-refractivity contribution in [2.24, 2.45) is 5.92 Å². The molecule has 0 amide bonds. The Hall–Kier alpha value is -0.890. The van der Waals surface area contributed by atoms with Gasteiger partial charge >= 0.3 is 0 Å². The number of piperidine rings is 1. The van der Waals surface area contributed by atoms with Crippen molar-refractivity contribution in [3.63, 3.8) is 0 Å². The summed E-state index contributed by atoms with van der Waals surface area (Å²) in [5.74, 6) is 0.856. The predicted molar refractivity (Wildman–Crippen MR) is 67.4 cm³/mol. The second-order valence-electron chi connectivity index (χ2n) is 5.58. The molecule has 1 aromatic rings. The molecule has 0 saturated carbocycles. The zero-order valence-electron chi connectivity index (χ0n) is 10.5. The number of fused-ring (bicyclic) bond motifs is 1. The SMILES string of the molecule is CC1CCN([C@@H]2CCc3c(F)cccc32)CC1. The molecule has 92 valence electrons. The van der Waals surface area contributed by atoms with Crippen LogP contribution in [0, 0.1) is 11.7 Å². The molecule has 0 bridgehead atoms. The average Bonchev–Trinajstić information content (AvgIpc) is 2.75. The Bertz CT molecular complexity index is 407. The fraction of sp³-hybridized carbons (Fsp3) is 0.600. The predicted octanol–water partition coefficient (Wildman–Crippen LogP) is 3.54. The molecule has 0 spiro atoms. The Morgan fingerprint density at radius 2 is 1.94 bits per heavy atom. The Balaban J connectivity index is 1.82. The second-order valence-corrected chi connectivity index (χ2v) is 5.58. The molecule has 1 saturated heterocycles. The van der Waals surface area contributed by atoms with Crippen LogP contribution in [-0.2, 0) is 6.42 Å². The molecule has 0 N–H and O–H groups in total. The Labute approximate surface area is 103 Å². The quantitative estimate of drug-likeness (QED) is 0.717. The lowest BCUT2D eigenvalue weighted by atomic mass is 9.96. The van der Waals surface area contributed by atoms with Gasteiger partial charge in [0.25, 0.3) is 0 Å². The van der Waals surface area contributed by atoms with E-state index in [-0.39, 0.29) is 5.82 Å². The molecule has 2 aliphatic rings. The number of benzene rings is 1. The monoisotopic (exact) mass is 233 g/mol. The van der Waals surface area contributed by atoms with Crippen LogP contribution in [0.4, 0.5) is 4.39 Å². The second kappa shape index (κ2) is 4.41. The number of nitrogens with zero attached hydrogens (tertiary/aromatic N) is 1. The van der Waals surface area contributed by atoms with Crippen LogP contribution in [-0.4, -0.2) is 18.0 Å². The van der Waals surface area contributed by atoms with Gasteiger partial charge in [0.15, 0.2) is 0 Å². The zero-order chi connectivity index (χ0) is 11.8. The van der Waals surface area contributed by atoms with Crippen LogP contribution in [0.5, 0.6) is 0 Å². The van der Waals surface area contributed by atoms with E-state index in [1.807, 2.05) is 6.07 Å². The fourth-order valence-electron chi connectivity index (χ4n) is 3.31. The smallest absolute Gasteiger partial charge is 0.126 e. The summed E-state index contributed by atoms with van der Waals surface area (Å²) in [6.45, 7) is 4.70. The maximum Gasteiger partial charge on any atom is 0.126 e. The van der Waals surface area contributed by atoms with Crippen molar-refractivity contribution in [2.75, 3.05) is 13.1 Å². The Morgan fingerprint density at radius 1 is 1.18 bits per heavy atom. The normalized spacial score (nSPS) is 26.1. The van der Waals surface area contributed by atoms with Gasteiger partial charge in [-0.25, -0.2) is 4.39 Å². The van der Waals surface area contributed by atoms with Crippen LogP contribution in [0.1, 0.15) is 43.4 Å². The first-order valence-corrected chi connectivity index (χ1v) is 6.77. The molecule has 1 fully saturated rings. The molecule has 1 nitrogen and oxygen atoms in total. The summed E-state index contributed by atoms with van der Waals surface area (Å²) < 4.78 is 13.7. The van der Waals surface area contributed by atoms with E-state index >= 15 is 0 Å². The van der Waals surface area contributed by atoms with Gasteiger partial charge in [0.2, 0.25) is 0 Å². The number of hydrogen-bond donors (Lipinski definition) is 0. The van der Waals surface area contributed by atoms with E-state index in [4.69, 9.17) is 0 Å². The van der Waals surface area contributed by atoms with E-state index in [9.17, 15) is 4.39 Å². The summed E-state index contributed by atoms with van der Waals surface area (Å²) in [5.41, 5.74) is 2.22. The van der Waals surface area contributed by atoms with Crippen molar-refractivity contribution >= 4 is 0 Å². The summed E-state index contributed by atoms with van der Waals surface area (Å²) in [7, 11) is 0. The van der Waals surface area contributed by atoms with Crippen LogP contribution in [0.15, 0.2) is 18.2 Å².